The molecule has 0 fully saturated rings. The van der Waals surface area contributed by atoms with Gasteiger partial charge in [0.25, 0.3) is 0 Å². The number of esters is 1. The molecule has 1 aliphatic carbocycles. The van der Waals surface area contributed by atoms with Crippen LogP contribution in [0.2, 0.25) is 0 Å². The van der Waals surface area contributed by atoms with Crippen LogP contribution in [0, 0.1) is 5.92 Å². The zero-order valence-electron chi connectivity index (χ0n) is 7.80. The molecule has 1 rings (SSSR count). The van der Waals surface area contributed by atoms with Crippen LogP contribution in [0.15, 0.2) is 11.6 Å². The number of carbonyl (C=O) groups is 1. The minimum absolute atomic E-state index is 0.121. The monoisotopic (exact) mass is 168 g/mol. The maximum absolute atomic E-state index is 11.3. The van der Waals surface area contributed by atoms with Crippen molar-refractivity contribution in [3.05, 3.63) is 11.6 Å². The average molecular weight is 168 g/mol. The first-order valence-electron chi connectivity index (χ1n) is 4.63. The van der Waals surface area contributed by atoms with Crippen molar-refractivity contribution in [1.29, 1.82) is 0 Å². The van der Waals surface area contributed by atoms with E-state index < -0.39 is 0 Å². The molecule has 0 radical (unpaired) electrons. The van der Waals surface area contributed by atoms with Gasteiger partial charge in [-0.05, 0) is 32.1 Å². The Hall–Kier alpha value is -0.790. The van der Waals surface area contributed by atoms with E-state index in [0.717, 1.165) is 18.4 Å². The summed E-state index contributed by atoms with van der Waals surface area (Å²) in [6, 6.07) is 0. The van der Waals surface area contributed by atoms with Crippen molar-refractivity contribution in [1.82, 2.24) is 0 Å². The first-order valence-corrected chi connectivity index (χ1v) is 4.63. The summed E-state index contributed by atoms with van der Waals surface area (Å²) < 4.78 is 4.94. The van der Waals surface area contributed by atoms with Crippen molar-refractivity contribution in [2.75, 3.05) is 6.61 Å². The molecule has 0 aromatic heterocycles. The van der Waals surface area contributed by atoms with Crippen LogP contribution in [0.5, 0.6) is 0 Å². The van der Waals surface area contributed by atoms with Crippen LogP contribution in [0.1, 0.15) is 33.1 Å². The molecule has 12 heavy (non-hydrogen) atoms. The minimum atomic E-state index is -0.121. The predicted octanol–water partition coefficient (Wildman–Crippen LogP) is 2.30. The molecule has 0 aliphatic heterocycles. The van der Waals surface area contributed by atoms with E-state index in [-0.39, 0.29) is 5.97 Å². The largest absolute Gasteiger partial charge is 0.463 e. The summed E-state index contributed by atoms with van der Waals surface area (Å²) in [5.74, 6) is 0.266. The van der Waals surface area contributed by atoms with Crippen LogP contribution < -0.4 is 0 Å². The quantitative estimate of drug-likeness (QED) is 0.591. The molecular weight excluding hydrogens is 152 g/mol. The first kappa shape index (κ1) is 9.30. The third-order valence-corrected chi connectivity index (χ3v) is 2.25. The van der Waals surface area contributed by atoms with E-state index in [0.29, 0.717) is 12.5 Å². The summed E-state index contributed by atoms with van der Waals surface area (Å²) in [5, 5.41) is 0. The van der Waals surface area contributed by atoms with Gasteiger partial charge in [-0.15, -0.1) is 0 Å². The fourth-order valence-electron chi connectivity index (χ4n) is 1.54. The van der Waals surface area contributed by atoms with Gasteiger partial charge in [0.1, 0.15) is 0 Å². The lowest BCUT2D eigenvalue weighted by Crippen LogP contribution is -2.16. The molecule has 0 aromatic carbocycles. The molecule has 68 valence electrons. The summed E-state index contributed by atoms with van der Waals surface area (Å²) in [6.07, 6.45) is 5.36. The summed E-state index contributed by atoms with van der Waals surface area (Å²) in [7, 11) is 0. The Labute approximate surface area is 73.6 Å². The second-order valence-corrected chi connectivity index (χ2v) is 3.21. The van der Waals surface area contributed by atoms with Crippen LogP contribution in [-0.4, -0.2) is 12.6 Å². The van der Waals surface area contributed by atoms with Crippen LogP contribution in [0.25, 0.3) is 0 Å². The molecule has 0 amide bonds. The summed E-state index contributed by atoms with van der Waals surface area (Å²) >= 11 is 0. The van der Waals surface area contributed by atoms with Gasteiger partial charge < -0.3 is 4.74 Å². The third kappa shape index (κ3) is 2.10. The smallest absolute Gasteiger partial charge is 0.333 e. The molecule has 2 heteroatoms. The normalized spacial score (nSPS) is 23.2. The summed E-state index contributed by atoms with van der Waals surface area (Å²) in [4.78, 5) is 11.3. The molecule has 0 heterocycles. The molecule has 1 unspecified atom stereocenters. The lowest BCUT2D eigenvalue weighted by molar-refractivity contribution is -0.139. The fourth-order valence-corrected chi connectivity index (χ4v) is 1.54. The molecule has 2 nitrogen and oxygen atoms in total. The van der Waals surface area contributed by atoms with Gasteiger partial charge >= 0.3 is 5.97 Å². The second-order valence-electron chi connectivity index (χ2n) is 3.21. The van der Waals surface area contributed by atoms with Gasteiger partial charge in [0.05, 0.1) is 6.61 Å². The summed E-state index contributed by atoms with van der Waals surface area (Å²) in [5.41, 5.74) is 0.878. The highest BCUT2D eigenvalue weighted by Crippen LogP contribution is 2.24. The van der Waals surface area contributed by atoms with Crippen LogP contribution in [0.4, 0.5) is 0 Å². The highest BCUT2D eigenvalue weighted by atomic mass is 16.5. The Morgan fingerprint density at radius 3 is 3.08 bits per heavy atom. The molecule has 1 aliphatic rings. The molecule has 0 bridgehead atoms. The third-order valence-electron chi connectivity index (χ3n) is 2.25. The Kier molecular flexibility index (Phi) is 3.32. The van der Waals surface area contributed by atoms with Crippen molar-refractivity contribution in [3.63, 3.8) is 0 Å². The molecule has 0 aromatic rings. The highest BCUT2D eigenvalue weighted by Gasteiger charge is 2.19. The lowest BCUT2D eigenvalue weighted by Gasteiger charge is -2.18. The van der Waals surface area contributed by atoms with Crippen LogP contribution >= 0.6 is 0 Å². The van der Waals surface area contributed by atoms with Crippen molar-refractivity contribution in [3.8, 4) is 0 Å². The molecule has 1 atom stereocenters. The average Bonchev–Trinajstić information content (AvgIpc) is 2.05. The topological polar surface area (TPSA) is 26.3 Å². The Morgan fingerprint density at radius 1 is 1.75 bits per heavy atom. The summed E-state index contributed by atoms with van der Waals surface area (Å²) in [6.45, 7) is 4.40. The lowest BCUT2D eigenvalue weighted by atomic mass is 9.89. The Morgan fingerprint density at radius 2 is 2.50 bits per heavy atom. The van der Waals surface area contributed by atoms with Gasteiger partial charge in [-0.1, -0.05) is 13.0 Å². The van der Waals surface area contributed by atoms with Crippen molar-refractivity contribution >= 4 is 5.97 Å². The molecule has 0 N–H and O–H groups in total. The van der Waals surface area contributed by atoms with Gasteiger partial charge in [0, 0.05) is 5.57 Å². The van der Waals surface area contributed by atoms with Gasteiger partial charge in [-0.3, -0.25) is 0 Å². The highest BCUT2D eigenvalue weighted by molar-refractivity contribution is 5.89. The second kappa shape index (κ2) is 4.29. The maximum Gasteiger partial charge on any atom is 0.333 e. The molecule has 0 spiro atoms. The zero-order chi connectivity index (χ0) is 8.97. The molecular formula is C10H16O2. The predicted molar refractivity (Wildman–Crippen MR) is 47.7 cm³/mol. The SMILES string of the molecule is CCOC(=O)C1=CCCCC1C. The van der Waals surface area contributed by atoms with E-state index in [4.69, 9.17) is 4.74 Å². The van der Waals surface area contributed by atoms with E-state index >= 15 is 0 Å². The Balaban J connectivity index is 2.59. The van der Waals surface area contributed by atoms with Crippen molar-refractivity contribution in [2.24, 2.45) is 5.92 Å². The van der Waals surface area contributed by atoms with E-state index in [1.165, 1.54) is 6.42 Å². The number of allylic oxidation sites excluding steroid dienone is 1. The van der Waals surface area contributed by atoms with Crippen LogP contribution in [-0.2, 0) is 9.53 Å². The number of ether oxygens (including phenoxy) is 1. The van der Waals surface area contributed by atoms with E-state index in [9.17, 15) is 4.79 Å². The zero-order valence-corrected chi connectivity index (χ0v) is 7.80. The fraction of sp³-hybridized carbons (Fsp3) is 0.700. The van der Waals surface area contributed by atoms with Crippen molar-refractivity contribution < 1.29 is 9.53 Å². The van der Waals surface area contributed by atoms with Gasteiger partial charge in [0.2, 0.25) is 0 Å². The minimum Gasteiger partial charge on any atom is -0.463 e. The standard InChI is InChI=1S/C10H16O2/c1-3-12-10(11)9-7-5-4-6-8(9)2/h7-8H,3-6H2,1-2H3. The maximum atomic E-state index is 11.3. The molecule has 0 saturated heterocycles. The van der Waals surface area contributed by atoms with E-state index in [1.54, 1.807) is 0 Å². The molecule has 0 saturated carbocycles. The van der Waals surface area contributed by atoms with Gasteiger partial charge in [-0.2, -0.15) is 0 Å². The Bertz CT molecular complexity index is 194. The van der Waals surface area contributed by atoms with Gasteiger partial charge in [-0.25, -0.2) is 4.79 Å². The van der Waals surface area contributed by atoms with E-state index in [2.05, 4.69) is 6.92 Å². The first-order chi connectivity index (χ1) is 5.75. The van der Waals surface area contributed by atoms with Crippen LogP contribution in [0.3, 0.4) is 0 Å². The number of rotatable bonds is 2. The van der Waals surface area contributed by atoms with Crippen molar-refractivity contribution in [2.45, 2.75) is 33.1 Å². The number of hydrogen-bond donors (Lipinski definition) is 0. The van der Waals surface area contributed by atoms with E-state index in [1.807, 2.05) is 13.0 Å². The van der Waals surface area contributed by atoms with Gasteiger partial charge in [0.15, 0.2) is 0 Å². The number of hydrogen-bond acceptors (Lipinski definition) is 2. The number of carbonyl (C=O) groups excluding carboxylic acids is 1.